The summed E-state index contributed by atoms with van der Waals surface area (Å²) < 4.78 is 0. The Bertz CT molecular complexity index is 904. The van der Waals surface area contributed by atoms with E-state index in [4.69, 9.17) is 0 Å². The molecule has 2 aromatic rings. The number of nitrogens with one attached hydrogen (secondary N) is 2. The first-order chi connectivity index (χ1) is 17.6. The van der Waals surface area contributed by atoms with Gasteiger partial charge in [0.1, 0.15) is 0 Å². The molecule has 2 N–H and O–H groups in total. The molecule has 6 heteroatoms. The standard InChI is InChI=1S/C28H53N2P2Si.C5H5.Fe/c1-26(2,3)32(27(4,5)6)20-21-16-24(33(7,8)9)17-25(21)28(31,22-12-10-14-29-18-22)23-13-11-15-30-19-23;1-2-4-5-3-1;/h16-17,22-23,29-30H,10-15,18-20,31H2,1-9H3;1-5H;/q2*-1;+2. The van der Waals surface area contributed by atoms with E-state index < -0.39 is 8.07 Å². The van der Waals surface area contributed by atoms with E-state index in [1.54, 1.807) is 16.3 Å². The molecule has 2 aliphatic heterocycles. The zero-order valence-corrected chi connectivity index (χ0v) is 30.6. The van der Waals surface area contributed by atoms with Crippen LogP contribution in [0.5, 0.6) is 0 Å². The van der Waals surface area contributed by atoms with Crippen molar-refractivity contribution in [1.82, 2.24) is 10.6 Å². The van der Waals surface area contributed by atoms with Gasteiger partial charge < -0.3 is 10.6 Å². The van der Waals surface area contributed by atoms with E-state index in [1.165, 1.54) is 58.0 Å². The minimum absolute atomic E-state index is 0. The van der Waals surface area contributed by atoms with Gasteiger partial charge in [0.25, 0.3) is 0 Å². The first-order valence-electron chi connectivity index (χ1n) is 15.1. The Labute approximate surface area is 257 Å². The molecule has 2 saturated heterocycles. The van der Waals surface area contributed by atoms with Crippen molar-refractivity contribution in [1.29, 1.82) is 0 Å². The van der Waals surface area contributed by atoms with Gasteiger partial charge in [-0.05, 0) is 79.2 Å². The van der Waals surface area contributed by atoms with E-state index in [-0.39, 0.29) is 30.1 Å². The van der Waals surface area contributed by atoms with Crippen LogP contribution in [0, 0.1) is 11.8 Å². The molecular formula is C33H58FeN2P2Si. The van der Waals surface area contributed by atoms with Crippen LogP contribution in [-0.4, -0.2) is 44.6 Å². The van der Waals surface area contributed by atoms with Gasteiger partial charge in [0.15, 0.2) is 0 Å². The number of hydrogen-bond acceptors (Lipinski definition) is 2. The fourth-order valence-electron chi connectivity index (χ4n) is 6.79. The van der Waals surface area contributed by atoms with Crippen molar-refractivity contribution in [3.8, 4) is 0 Å². The number of rotatable bonds is 6. The first-order valence-corrected chi connectivity index (χ1v) is 20.7. The molecule has 2 aromatic carbocycles. The van der Waals surface area contributed by atoms with Crippen molar-refractivity contribution in [2.45, 2.75) is 108 Å². The van der Waals surface area contributed by atoms with E-state index in [9.17, 15) is 0 Å². The van der Waals surface area contributed by atoms with Gasteiger partial charge in [-0.15, -0.1) is 17.2 Å². The quantitative estimate of drug-likeness (QED) is 0.193. The molecular weight excluding hydrogens is 570 g/mol. The van der Waals surface area contributed by atoms with Crippen molar-refractivity contribution in [2.75, 3.05) is 26.2 Å². The summed E-state index contributed by atoms with van der Waals surface area (Å²) in [5.74, 6) is 1.40. The Balaban J connectivity index is 0.000000797. The van der Waals surface area contributed by atoms with Crippen LogP contribution in [0.2, 0.25) is 19.6 Å². The summed E-state index contributed by atoms with van der Waals surface area (Å²) in [6.45, 7) is 27.2. The van der Waals surface area contributed by atoms with Crippen LogP contribution >= 0.6 is 17.2 Å². The van der Waals surface area contributed by atoms with Crippen LogP contribution in [0.3, 0.4) is 0 Å². The van der Waals surface area contributed by atoms with Gasteiger partial charge in [-0.1, -0.05) is 67.3 Å². The number of piperidine rings is 2. The second-order valence-electron chi connectivity index (χ2n) is 14.8. The molecule has 2 heterocycles. The van der Waals surface area contributed by atoms with E-state index >= 15 is 0 Å². The summed E-state index contributed by atoms with van der Waals surface area (Å²) in [4.78, 5) is 0. The van der Waals surface area contributed by atoms with Crippen LogP contribution < -0.4 is 15.8 Å². The van der Waals surface area contributed by atoms with Crippen LogP contribution in [-0.2, 0) is 28.4 Å². The summed E-state index contributed by atoms with van der Waals surface area (Å²) in [5.41, 5.74) is 3.39. The van der Waals surface area contributed by atoms with Crippen molar-refractivity contribution >= 4 is 30.4 Å². The van der Waals surface area contributed by atoms with Crippen molar-refractivity contribution in [3.05, 3.63) is 53.6 Å². The average Bonchev–Trinajstić information content (AvgIpc) is 3.55. The van der Waals surface area contributed by atoms with Gasteiger partial charge in [0, 0.05) is 0 Å². The van der Waals surface area contributed by atoms with Gasteiger partial charge in [0.05, 0.1) is 8.07 Å². The van der Waals surface area contributed by atoms with Gasteiger partial charge in [-0.25, -0.2) is 18.2 Å². The molecule has 0 spiro atoms. The fraction of sp³-hybridized carbons (Fsp3) is 0.697. The molecule has 0 aromatic heterocycles. The molecule has 2 fully saturated rings. The molecule has 222 valence electrons. The summed E-state index contributed by atoms with van der Waals surface area (Å²) in [6.07, 6.45) is 6.60. The topological polar surface area (TPSA) is 24.1 Å². The van der Waals surface area contributed by atoms with E-state index in [0.29, 0.717) is 22.1 Å². The zero-order valence-electron chi connectivity index (χ0n) is 26.4. The molecule has 0 amide bonds. The van der Waals surface area contributed by atoms with Crippen molar-refractivity contribution in [2.24, 2.45) is 11.8 Å². The second-order valence-corrected chi connectivity index (χ2v) is 24.7. The molecule has 3 unspecified atom stereocenters. The summed E-state index contributed by atoms with van der Waals surface area (Å²) in [7, 11) is 1.96. The van der Waals surface area contributed by atoms with Gasteiger partial charge in [0.2, 0.25) is 0 Å². The average molecular weight is 629 g/mol. The van der Waals surface area contributed by atoms with Crippen LogP contribution in [0.25, 0.3) is 0 Å². The molecule has 0 saturated carbocycles. The van der Waals surface area contributed by atoms with Gasteiger partial charge in [-0.3, -0.25) is 0 Å². The summed E-state index contributed by atoms with van der Waals surface area (Å²) in [5, 5.41) is 10.1. The predicted octanol–water partition coefficient (Wildman–Crippen LogP) is 8.00. The maximum atomic E-state index is 3.77. The molecule has 0 aliphatic carbocycles. The largest absolute Gasteiger partial charge is 2.00 e. The van der Waals surface area contributed by atoms with Gasteiger partial charge >= 0.3 is 17.1 Å². The second kappa shape index (κ2) is 14.6. The molecule has 0 radical (unpaired) electrons. The minimum atomic E-state index is -1.40. The molecule has 2 nitrogen and oxygen atoms in total. The Kier molecular flexibility index (Phi) is 13.3. The first kappa shape index (κ1) is 35.4. The predicted molar refractivity (Wildman–Crippen MR) is 180 cm³/mol. The normalized spacial score (nSPS) is 22.4. The third-order valence-electron chi connectivity index (χ3n) is 8.76. The Morgan fingerprint density at radius 2 is 1.38 bits per heavy atom. The molecule has 4 rings (SSSR count). The fourth-order valence-corrected chi connectivity index (χ4v) is 12.4. The Hall–Kier alpha value is 0.216. The van der Waals surface area contributed by atoms with Gasteiger partial charge in [-0.2, -0.15) is 40.6 Å². The van der Waals surface area contributed by atoms with Crippen LogP contribution in [0.1, 0.15) is 78.4 Å². The Morgan fingerprint density at radius 3 is 1.72 bits per heavy atom. The van der Waals surface area contributed by atoms with Crippen LogP contribution in [0.15, 0.2) is 42.5 Å². The molecule has 39 heavy (non-hydrogen) atoms. The van der Waals surface area contributed by atoms with E-state index in [1.807, 2.05) is 30.3 Å². The number of hydrogen-bond donors (Lipinski definition) is 2. The van der Waals surface area contributed by atoms with Crippen molar-refractivity contribution < 1.29 is 17.1 Å². The minimum Gasteiger partial charge on any atom is -0.316 e. The zero-order chi connectivity index (χ0) is 28.2. The molecule has 0 bridgehead atoms. The molecule has 2 aliphatic rings. The third-order valence-corrected chi connectivity index (χ3v) is 15.9. The molecule has 3 atom stereocenters. The summed E-state index contributed by atoms with van der Waals surface area (Å²) in [6, 6.07) is 15.4. The SMILES string of the molecule is CC(C)(C)P(Cc1cc([Si](C)(C)C)[cH-]c1C(P)(C1CCCNC1)C1CCCNC1)C(C)(C)C.[Fe+2].c1cc[cH-]c1. The van der Waals surface area contributed by atoms with Crippen LogP contribution in [0.4, 0.5) is 0 Å². The maximum absolute atomic E-state index is 3.77. The monoisotopic (exact) mass is 628 g/mol. The summed E-state index contributed by atoms with van der Waals surface area (Å²) >= 11 is 0. The van der Waals surface area contributed by atoms with E-state index in [0.717, 1.165) is 0 Å². The van der Waals surface area contributed by atoms with E-state index in [2.05, 4.69) is 93.2 Å². The third kappa shape index (κ3) is 9.35. The van der Waals surface area contributed by atoms with Crippen molar-refractivity contribution in [3.63, 3.8) is 0 Å². The Morgan fingerprint density at radius 1 is 0.897 bits per heavy atom. The maximum Gasteiger partial charge on any atom is 2.00 e. The smallest absolute Gasteiger partial charge is 0.316 e.